The van der Waals surface area contributed by atoms with Crippen LogP contribution in [-0.4, -0.2) is 24.8 Å². The van der Waals surface area contributed by atoms with Crippen LogP contribution in [0.3, 0.4) is 0 Å². The van der Waals surface area contributed by atoms with Crippen LogP contribution in [0.5, 0.6) is 5.75 Å². The molecule has 0 spiro atoms. The fraction of sp³-hybridized carbons (Fsp3) is 0.0870. The van der Waals surface area contributed by atoms with Crippen molar-refractivity contribution in [3.8, 4) is 5.75 Å². The normalized spacial score (nSPS) is 10.1. The van der Waals surface area contributed by atoms with Crippen molar-refractivity contribution in [1.29, 1.82) is 0 Å². The van der Waals surface area contributed by atoms with Gasteiger partial charge >= 0.3 is 0 Å². The van der Waals surface area contributed by atoms with Crippen molar-refractivity contribution in [1.82, 2.24) is 10.9 Å². The van der Waals surface area contributed by atoms with E-state index >= 15 is 0 Å². The maximum absolute atomic E-state index is 12.4. The van der Waals surface area contributed by atoms with Gasteiger partial charge in [0.15, 0.2) is 0 Å². The third-order valence-electron chi connectivity index (χ3n) is 4.30. The number of hydrogen-bond donors (Lipinski definition) is 3. The van der Waals surface area contributed by atoms with Crippen molar-refractivity contribution in [2.75, 3.05) is 12.4 Å². The Balaban J connectivity index is 1.61. The highest BCUT2D eigenvalue weighted by molar-refractivity contribution is 6.05. The van der Waals surface area contributed by atoms with Crippen molar-refractivity contribution in [3.05, 3.63) is 95.1 Å². The summed E-state index contributed by atoms with van der Waals surface area (Å²) in [4.78, 5) is 36.9. The molecule has 0 unspecified atom stereocenters. The van der Waals surface area contributed by atoms with Gasteiger partial charge in [-0.25, -0.2) is 0 Å². The number of ether oxygens (including phenoxy) is 1. The van der Waals surface area contributed by atoms with Crippen molar-refractivity contribution in [3.63, 3.8) is 0 Å². The molecule has 0 aliphatic rings. The van der Waals surface area contributed by atoms with Gasteiger partial charge in [0.05, 0.1) is 7.11 Å². The molecule has 7 nitrogen and oxygen atoms in total. The molecule has 7 heteroatoms. The van der Waals surface area contributed by atoms with E-state index in [0.29, 0.717) is 22.6 Å². The Morgan fingerprint density at radius 1 is 0.700 bits per heavy atom. The van der Waals surface area contributed by atoms with E-state index in [2.05, 4.69) is 16.2 Å². The molecular formula is C23H21N3O4. The lowest BCUT2D eigenvalue weighted by Gasteiger charge is -2.10. The fourth-order valence-corrected chi connectivity index (χ4v) is 2.73. The molecule has 3 N–H and O–H groups in total. The molecule has 0 aliphatic carbocycles. The molecule has 0 aromatic heterocycles. The van der Waals surface area contributed by atoms with Crippen LogP contribution in [0.1, 0.15) is 36.6 Å². The number of rotatable bonds is 5. The van der Waals surface area contributed by atoms with E-state index in [1.165, 1.54) is 6.07 Å². The van der Waals surface area contributed by atoms with Crippen LogP contribution in [0.2, 0.25) is 0 Å². The first-order valence-electron chi connectivity index (χ1n) is 9.19. The van der Waals surface area contributed by atoms with Gasteiger partial charge in [-0.2, -0.15) is 0 Å². The van der Waals surface area contributed by atoms with E-state index in [1.54, 1.807) is 67.8 Å². The smallest absolute Gasteiger partial charge is 0.269 e. The minimum atomic E-state index is -0.503. The van der Waals surface area contributed by atoms with E-state index in [1.807, 2.05) is 13.0 Å². The molecule has 0 bridgehead atoms. The van der Waals surface area contributed by atoms with Crippen LogP contribution in [0.25, 0.3) is 0 Å². The van der Waals surface area contributed by atoms with Crippen LogP contribution in [0, 0.1) is 6.92 Å². The first-order valence-corrected chi connectivity index (χ1v) is 9.19. The Morgan fingerprint density at radius 3 is 1.90 bits per heavy atom. The zero-order chi connectivity index (χ0) is 21.5. The molecule has 3 aromatic rings. The van der Waals surface area contributed by atoms with Gasteiger partial charge < -0.3 is 10.1 Å². The Labute approximate surface area is 174 Å². The molecule has 152 valence electrons. The van der Waals surface area contributed by atoms with Crippen molar-refractivity contribution >= 4 is 23.4 Å². The number of hydrogen-bond acceptors (Lipinski definition) is 4. The number of carbonyl (C=O) groups is 3. The zero-order valence-corrected chi connectivity index (χ0v) is 16.6. The van der Waals surface area contributed by atoms with Crippen LogP contribution in [0.4, 0.5) is 5.69 Å². The van der Waals surface area contributed by atoms with Crippen molar-refractivity contribution in [2.24, 2.45) is 0 Å². The predicted octanol–water partition coefficient (Wildman–Crippen LogP) is 3.33. The van der Waals surface area contributed by atoms with Crippen LogP contribution in [-0.2, 0) is 0 Å². The van der Waals surface area contributed by atoms with Gasteiger partial charge in [0.2, 0.25) is 0 Å². The molecule has 0 atom stereocenters. The number of carbonyl (C=O) groups excluding carboxylic acids is 3. The number of hydrazine groups is 1. The quantitative estimate of drug-likeness (QED) is 0.570. The standard InChI is InChI=1S/C23H21N3O4/c1-15-5-3-6-17(13-15)22(28)25-26-23(29)18-7-4-8-19(14-18)24-21(27)16-9-11-20(30-2)12-10-16/h3-14H,1-2H3,(H,24,27)(H,25,28)(H,26,29). The van der Waals surface area contributed by atoms with Gasteiger partial charge in [-0.1, -0.05) is 23.8 Å². The number of aryl methyl sites for hydroxylation is 1. The molecular weight excluding hydrogens is 382 g/mol. The summed E-state index contributed by atoms with van der Waals surface area (Å²) in [5.74, 6) is -0.589. The SMILES string of the molecule is COc1ccc(C(=O)Nc2cccc(C(=O)NNC(=O)c3cccc(C)c3)c2)cc1. The lowest BCUT2D eigenvalue weighted by molar-refractivity contribution is 0.0846. The summed E-state index contributed by atoms with van der Waals surface area (Å²) in [6, 6.07) is 20.1. The van der Waals surface area contributed by atoms with Crippen LogP contribution >= 0.6 is 0 Å². The highest BCUT2D eigenvalue weighted by Crippen LogP contribution is 2.15. The van der Waals surface area contributed by atoms with Crippen LogP contribution < -0.4 is 20.9 Å². The van der Waals surface area contributed by atoms with Gasteiger partial charge in [0.25, 0.3) is 17.7 Å². The molecule has 0 saturated carbocycles. The Morgan fingerprint density at radius 2 is 1.30 bits per heavy atom. The Kier molecular flexibility index (Phi) is 6.44. The average molecular weight is 403 g/mol. The van der Waals surface area contributed by atoms with Gasteiger partial charge in [-0.05, 0) is 61.5 Å². The third kappa shape index (κ3) is 5.23. The lowest BCUT2D eigenvalue weighted by Crippen LogP contribution is -2.41. The average Bonchev–Trinajstić information content (AvgIpc) is 2.77. The molecule has 0 heterocycles. The predicted molar refractivity (Wildman–Crippen MR) is 114 cm³/mol. The second kappa shape index (κ2) is 9.38. The molecule has 30 heavy (non-hydrogen) atoms. The van der Waals surface area contributed by atoms with Crippen molar-refractivity contribution in [2.45, 2.75) is 6.92 Å². The number of anilines is 1. The Bertz CT molecular complexity index is 1080. The minimum Gasteiger partial charge on any atom is -0.497 e. The van der Waals surface area contributed by atoms with E-state index < -0.39 is 11.8 Å². The molecule has 3 aromatic carbocycles. The number of amides is 3. The molecule has 0 aliphatic heterocycles. The molecule has 3 rings (SSSR count). The minimum absolute atomic E-state index is 0.284. The van der Waals surface area contributed by atoms with Gasteiger partial charge in [0.1, 0.15) is 5.75 Å². The summed E-state index contributed by atoms with van der Waals surface area (Å²) in [7, 11) is 1.55. The first-order chi connectivity index (χ1) is 14.5. The third-order valence-corrected chi connectivity index (χ3v) is 4.30. The van der Waals surface area contributed by atoms with E-state index in [0.717, 1.165) is 5.56 Å². The first kappa shape index (κ1) is 20.6. The van der Waals surface area contributed by atoms with E-state index in [9.17, 15) is 14.4 Å². The summed E-state index contributed by atoms with van der Waals surface area (Å²) >= 11 is 0. The largest absolute Gasteiger partial charge is 0.497 e. The summed E-state index contributed by atoms with van der Waals surface area (Å²) < 4.78 is 5.08. The number of benzene rings is 3. The van der Waals surface area contributed by atoms with Gasteiger partial charge in [-0.3, -0.25) is 25.2 Å². The summed E-state index contributed by atoms with van der Waals surface area (Å²) in [6.07, 6.45) is 0. The van der Waals surface area contributed by atoms with E-state index in [4.69, 9.17) is 4.74 Å². The van der Waals surface area contributed by atoms with Gasteiger partial charge in [-0.15, -0.1) is 0 Å². The van der Waals surface area contributed by atoms with Crippen molar-refractivity contribution < 1.29 is 19.1 Å². The maximum Gasteiger partial charge on any atom is 0.269 e. The Hall–Kier alpha value is -4.13. The molecule has 3 amide bonds. The van der Waals surface area contributed by atoms with Crippen LogP contribution in [0.15, 0.2) is 72.8 Å². The fourth-order valence-electron chi connectivity index (χ4n) is 2.73. The summed E-state index contributed by atoms with van der Waals surface area (Å²) in [6.45, 7) is 1.88. The molecule has 0 radical (unpaired) electrons. The number of nitrogens with one attached hydrogen (secondary N) is 3. The lowest BCUT2D eigenvalue weighted by atomic mass is 10.1. The molecule has 0 saturated heterocycles. The van der Waals surface area contributed by atoms with Gasteiger partial charge in [0, 0.05) is 22.4 Å². The summed E-state index contributed by atoms with van der Waals surface area (Å²) in [5.41, 5.74) is 7.33. The second-order valence-corrected chi connectivity index (χ2v) is 6.54. The zero-order valence-electron chi connectivity index (χ0n) is 16.6. The second-order valence-electron chi connectivity index (χ2n) is 6.54. The molecule has 0 fully saturated rings. The highest BCUT2D eigenvalue weighted by Gasteiger charge is 2.11. The topological polar surface area (TPSA) is 96.5 Å². The highest BCUT2D eigenvalue weighted by atomic mass is 16.5. The number of methoxy groups -OCH3 is 1. The monoisotopic (exact) mass is 403 g/mol. The summed E-state index contributed by atoms with van der Waals surface area (Å²) in [5, 5.41) is 2.74. The maximum atomic E-state index is 12.4. The van der Waals surface area contributed by atoms with E-state index in [-0.39, 0.29) is 11.5 Å².